The fourth-order valence-electron chi connectivity index (χ4n) is 7.19. The van der Waals surface area contributed by atoms with Crippen molar-refractivity contribution < 1.29 is 43.2 Å². The van der Waals surface area contributed by atoms with E-state index in [9.17, 15) is 24.3 Å². The smallest absolute Gasteiger partial charge is 0.303 e. The van der Waals surface area contributed by atoms with Crippen LogP contribution < -0.4 is 0 Å². The molecule has 2 aliphatic carbocycles. The summed E-state index contributed by atoms with van der Waals surface area (Å²) in [6.07, 6.45) is 2.22. The number of carbonyl (C=O) groups is 4. The van der Waals surface area contributed by atoms with Gasteiger partial charge in [-0.05, 0) is 38.5 Å². The Bertz CT molecular complexity index is 907. The lowest BCUT2D eigenvalue weighted by Gasteiger charge is -2.64. The molecule has 0 aromatic heterocycles. The molecule has 210 valence electrons. The summed E-state index contributed by atoms with van der Waals surface area (Å²) in [6.45, 7) is 16.4. The van der Waals surface area contributed by atoms with Crippen molar-refractivity contribution >= 4 is 23.9 Å². The first-order valence-electron chi connectivity index (χ1n) is 12.9. The Hall–Kier alpha value is -2.42. The maximum atomic E-state index is 12.4. The molecule has 2 aliphatic rings. The van der Waals surface area contributed by atoms with Crippen molar-refractivity contribution in [2.45, 2.75) is 111 Å². The van der Waals surface area contributed by atoms with E-state index in [4.69, 9.17) is 18.9 Å². The lowest BCUT2D eigenvalue weighted by molar-refractivity contribution is -0.256. The molecule has 0 bridgehead atoms. The zero-order valence-electron chi connectivity index (χ0n) is 23.5. The average Bonchev–Trinajstić information content (AvgIpc) is 2.72. The van der Waals surface area contributed by atoms with Gasteiger partial charge in [-0.2, -0.15) is 0 Å². The minimum absolute atomic E-state index is 0.00125. The molecule has 2 fully saturated rings. The molecule has 7 unspecified atom stereocenters. The Morgan fingerprint density at radius 2 is 1.65 bits per heavy atom. The first kappa shape index (κ1) is 30.8. The highest BCUT2D eigenvalue weighted by atomic mass is 16.6. The number of esters is 4. The molecule has 1 N–H and O–H groups in total. The Morgan fingerprint density at radius 1 is 1.03 bits per heavy atom. The molecule has 2 saturated carbocycles. The summed E-state index contributed by atoms with van der Waals surface area (Å²) in [7, 11) is 0. The Morgan fingerprint density at radius 3 is 2.14 bits per heavy atom. The number of aliphatic hydroxyl groups is 1. The molecule has 0 spiro atoms. The number of fused-ring (bicyclic) bond motifs is 1. The van der Waals surface area contributed by atoms with E-state index in [1.54, 1.807) is 6.92 Å². The molecule has 7 atom stereocenters. The summed E-state index contributed by atoms with van der Waals surface area (Å²) in [5.74, 6) is -2.82. The van der Waals surface area contributed by atoms with Gasteiger partial charge in [0.15, 0.2) is 0 Å². The van der Waals surface area contributed by atoms with Crippen LogP contribution in [0.25, 0.3) is 0 Å². The summed E-state index contributed by atoms with van der Waals surface area (Å²) >= 11 is 0. The molecular formula is C28H44O9. The van der Waals surface area contributed by atoms with Crippen LogP contribution in [0.4, 0.5) is 0 Å². The predicted octanol–water partition coefficient (Wildman–Crippen LogP) is 3.89. The molecule has 2 rings (SSSR count). The highest BCUT2D eigenvalue weighted by molar-refractivity contribution is 5.68. The number of carbonyl (C=O) groups excluding carboxylic acids is 4. The molecule has 0 saturated heterocycles. The molecular weight excluding hydrogens is 480 g/mol. The average molecular weight is 525 g/mol. The van der Waals surface area contributed by atoms with Gasteiger partial charge in [0.2, 0.25) is 0 Å². The fourth-order valence-corrected chi connectivity index (χ4v) is 7.19. The highest BCUT2D eigenvalue weighted by Crippen LogP contribution is 2.65. The molecule has 9 heteroatoms. The van der Waals surface area contributed by atoms with Gasteiger partial charge >= 0.3 is 23.9 Å². The number of hydrogen-bond donors (Lipinski definition) is 1. The van der Waals surface area contributed by atoms with Crippen molar-refractivity contribution in [1.82, 2.24) is 0 Å². The van der Waals surface area contributed by atoms with E-state index in [0.717, 1.165) is 12.8 Å². The third kappa shape index (κ3) is 6.72. The van der Waals surface area contributed by atoms with E-state index in [-0.39, 0.29) is 30.8 Å². The Balaban J connectivity index is 2.83. The summed E-state index contributed by atoms with van der Waals surface area (Å²) < 4.78 is 23.2. The number of rotatable bonds is 9. The Kier molecular flexibility index (Phi) is 9.27. The van der Waals surface area contributed by atoms with E-state index < -0.39 is 58.6 Å². The second kappa shape index (κ2) is 11.1. The zero-order chi connectivity index (χ0) is 28.4. The van der Waals surface area contributed by atoms with Crippen LogP contribution in [0.15, 0.2) is 12.7 Å². The molecule has 0 heterocycles. The largest absolute Gasteiger partial charge is 0.465 e. The van der Waals surface area contributed by atoms with E-state index >= 15 is 0 Å². The second-order valence-electron chi connectivity index (χ2n) is 11.9. The van der Waals surface area contributed by atoms with Gasteiger partial charge in [-0.15, -0.1) is 6.58 Å². The summed E-state index contributed by atoms with van der Waals surface area (Å²) in [4.78, 5) is 48.8. The minimum Gasteiger partial charge on any atom is -0.465 e. The van der Waals surface area contributed by atoms with Crippen LogP contribution in [0.1, 0.15) is 87.5 Å². The van der Waals surface area contributed by atoms with Crippen molar-refractivity contribution in [3.05, 3.63) is 12.7 Å². The SMILES string of the molecule is C=CC(C)(O)C(CC1C(C)(OC(C)=O)CC(OC(C)=O)C2C(C)(C)CCCC21COC(C)=O)OC(C)=O. The fraction of sp³-hybridized carbons (Fsp3) is 0.786. The van der Waals surface area contributed by atoms with Gasteiger partial charge in [-0.3, -0.25) is 19.2 Å². The normalized spacial score (nSPS) is 33.1. The van der Waals surface area contributed by atoms with E-state index in [1.165, 1.54) is 40.7 Å². The number of ether oxygens (including phenoxy) is 4. The molecule has 0 amide bonds. The van der Waals surface area contributed by atoms with E-state index in [1.807, 2.05) is 0 Å². The van der Waals surface area contributed by atoms with Crippen molar-refractivity contribution in [1.29, 1.82) is 0 Å². The topological polar surface area (TPSA) is 125 Å². The maximum absolute atomic E-state index is 12.4. The van der Waals surface area contributed by atoms with Crippen LogP contribution in [0.3, 0.4) is 0 Å². The predicted molar refractivity (Wildman–Crippen MR) is 135 cm³/mol. The highest BCUT2D eigenvalue weighted by Gasteiger charge is 2.67. The molecule has 0 radical (unpaired) electrons. The van der Waals surface area contributed by atoms with Gasteiger partial charge in [-0.25, -0.2) is 0 Å². The summed E-state index contributed by atoms with van der Waals surface area (Å²) in [6, 6.07) is 0. The lowest BCUT2D eigenvalue weighted by Crippen LogP contribution is -2.67. The van der Waals surface area contributed by atoms with Crippen molar-refractivity contribution in [3.8, 4) is 0 Å². The number of hydrogen-bond acceptors (Lipinski definition) is 9. The monoisotopic (exact) mass is 524 g/mol. The van der Waals surface area contributed by atoms with Crippen LogP contribution >= 0.6 is 0 Å². The minimum atomic E-state index is -1.59. The van der Waals surface area contributed by atoms with Crippen molar-refractivity contribution in [3.63, 3.8) is 0 Å². The van der Waals surface area contributed by atoms with Crippen LogP contribution in [0.2, 0.25) is 0 Å². The van der Waals surface area contributed by atoms with Gasteiger partial charge in [0.25, 0.3) is 0 Å². The second-order valence-corrected chi connectivity index (χ2v) is 11.9. The van der Waals surface area contributed by atoms with Crippen molar-refractivity contribution in [2.24, 2.45) is 22.7 Å². The van der Waals surface area contributed by atoms with Crippen LogP contribution in [-0.4, -0.2) is 59.0 Å². The van der Waals surface area contributed by atoms with Gasteiger partial charge in [0.05, 0.1) is 6.61 Å². The molecule has 0 aromatic rings. The molecule has 0 aromatic carbocycles. The van der Waals surface area contributed by atoms with Gasteiger partial charge in [-0.1, -0.05) is 26.3 Å². The van der Waals surface area contributed by atoms with Gasteiger partial charge < -0.3 is 24.1 Å². The van der Waals surface area contributed by atoms with Gasteiger partial charge in [0, 0.05) is 51.4 Å². The summed E-state index contributed by atoms with van der Waals surface area (Å²) in [5.41, 5.74) is -3.92. The molecule has 9 nitrogen and oxygen atoms in total. The van der Waals surface area contributed by atoms with Crippen LogP contribution in [-0.2, 0) is 38.1 Å². The molecule has 37 heavy (non-hydrogen) atoms. The standard InChI is InChI=1S/C28H44O9/c1-10-26(8,33)23(36-19(4)31)14-22-27(9,37-20(5)32)15-21(35-18(3)30)24-25(6,7)12-11-13-28(22,24)16-34-17(2)29/h10,21-24,33H,1,11-16H2,2-9H3. The van der Waals surface area contributed by atoms with E-state index in [2.05, 4.69) is 20.4 Å². The third-order valence-electron chi connectivity index (χ3n) is 8.40. The van der Waals surface area contributed by atoms with Crippen LogP contribution in [0, 0.1) is 22.7 Å². The first-order valence-corrected chi connectivity index (χ1v) is 12.9. The first-order chi connectivity index (χ1) is 16.9. The quantitative estimate of drug-likeness (QED) is 0.271. The Labute approximate surface area is 220 Å². The van der Waals surface area contributed by atoms with Crippen molar-refractivity contribution in [2.75, 3.05) is 6.61 Å². The van der Waals surface area contributed by atoms with E-state index in [0.29, 0.717) is 6.42 Å². The third-order valence-corrected chi connectivity index (χ3v) is 8.40. The maximum Gasteiger partial charge on any atom is 0.303 e. The lowest BCUT2D eigenvalue weighted by atomic mass is 9.43. The van der Waals surface area contributed by atoms with Crippen LogP contribution in [0.5, 0.6) is 0 Å². The summed E-state index contributed by atoms with van der Waals surface area (Å²) in [5, 5.41) is 11.1. The zero-order valence-corrected chi connectivity index (χ0v) is 23.5. The van der Waals surface area contributed by atoms with Gasteiger partial charge in [0.1, 0.15) is 23.4 Å². The molecule has 0 aliphatic heterocycles.